The Bertz CT molecular complexity index is 689. The molecule has 0 aliphatic heterocycles. The number of nitrogens with one attached hydrogen (secondary N) is 2. The first-order chi connectivity index (χ1) is 13.2. The maximum absolute atomic E-state index is 5.77. The van der Waals surface area contributed by atoms with Gasteiger partial charge in [0.05, 0.1) is 19.2 Å². The van der Waals surface area contributed by atoms with Gasteiger partial charge in [-0.15, -0.1) is 0 Å². The second-order valence-electron chi connectivity index (χ2n) is 6.31. The van der Waals surface area contributed by atoms with Crippen LogP contribution in [-0.2, 0) is 11.3 Å². The lowest BCUT2D eigenvalue weighted by molar-refractivity contribution is 0.172. The molecule has 2 aromatic rings. The SMILES string of the molecule is CCNC(=NCc1cccc(OCCCOC)c1)NC(C)c1ccccc1. The zero-order valence-electron chi connectivity index (χ0n) is 16.6. The van der Waals surface area contributed by atoms with Crippen molar-refractivity contribution in [3.63, 3.8) is 0 Å². The average Bonchev–Trinajstić information content (AvgIpc) is 2.70. The average molecular weight is 370 g/mol. The number of nitrogens with zero attached hydrogens (tertiary/aromatic N) is 1. The van der Waals surface area contributed by atoms with Crippen LogP contribution in [0, 0.1) is 0 Å². The topological polar surface area (TPSA) is 54.9 Å². The Kier molecular flexibility index (Phi) is 9.21. The third-order valence-electron chi connectivity index (χ3n) is 4.08. The summed E-state index contributed by atoms with van der Waals surface area (Å²) in [6.45, 7) is 6.97. The van der Waals surface area contributed by atoms with E-state index in [0.717, 1.165) is 30.2 Å². The van der Waals surface area contributed by atoms with Crippen LogP contribution in [0.4, 0.5) is 0 Å². The minimum atomic E-state index is 0.180. The van der Waals surface area contributed by atoms with E-state index in [4.69, 9.17) is 14.5 Å². The Morgan fingerprint density at radius 1 is 1.07 bits per heavy atom. The van der Waals surface area contributed by atoms with Gasteiger partial charge < -0.3 is 20.1 Å². The van der Waals surface area contributed by atoms with Crippen LogP contribution in [0.25, 0.3) is 0 Å². The maximum Gasteiger partial charge on any atom is 0.192 e. The summed E-state index contributed by atoms with van der Waals surface area (Å²) >= 11 is 0. The molecular formula is C22H31N3O2. The van der Waals surface area contributed by atoms with E-state index in [1.165, 1.54) is 5.56 Å². The van der Waals surface area contributed by atoms with Gasteiger partial charge in [-0.3, -0.25) is 0 Å². The molecule has 0 fully saturated rings. The highest BCUT2D eigenvalue weighted by Gasteiger charge is 2.07. The van der Waals surface area contributed by atoms with Crippen molar-refractivity contribution >= 4 is 5.96 Å². The molecule has 0 aliphatic carbocycles. The zero-order valence-corrected chi connectivity index (χ0v) is 16.6. The lowest BCUT2D eigenvalue weighted by atomic mass is 10.1. The van der Waals surface area contributed by atoms with E-state index in [9.17, 15) is 0 Å². The summed E-state index contributed by atoms with van der Waals surface area (Å²) in [6.07, 6.45) is 0.880. The monoisotopic (exact) mass is 369 g/mol. The van der Waals surface area contributed by atoms with E-state index in [1.54, 1.807) is 7.11 Å². The van der Waals surface area contributed by atoms with Crippen molar-refractivity contribution in [2.24, 2.45) is 4.99 Å². The maximum atomic E-state index is 5.77. The normalized spacial score (nSPS) is 12.5. The molecule has 0 spiro atoms. The Labute approximate surface area is 162 Å². The van der Waals surface area contributed by atoms with Crippen LogP contribution < -0.4 is 15.4 Å². The number of ether oxygens (including phenoxy) is 2. The van der Waals surface area contributed by atoms with E-state index in [2.05, 4.69) is 54.8 Å². The molecule has 2 N–H and O–H groups in total. The third kappa shape index (κ3) is 7.71. The first kappa shape index (κ1) is 20.8. The molecule has 0 saturated carbocycles. The molecule has 0 saturated heterocycles. The fourth-order valence-electron chi connectivity index (χ4n) is 2.65. The molecular weight excluding hydrogens is 338 g/mol. The Morgan fingerprint density at radius 3 is 2.63 bits per heavy atom. The van der Waals surface area contributed by atoms with Crippen molar-refractivity contribution in [2.45, 2.75) is 32.9 Å². The number of rotatable bonds is 10. The van der Waals surface area contributed by atoms with Gasteiger partial charge in [0.2, 0.25) is 0 Å². The Balaban J connectivity index is 1.95. The van der Waals surface area contributed by atoms with Crippen LogP contribution in [0.1, 0.15) is 37.4 Å². The summed E-state index contributed by atoms with van der Waals surface area (Å²) in [4.78, 5) is 4.72. The molecule has 27 heavy (non-hydrogen) atoms. The molecule has 0 radical (unpaired) electrons. The van der Waals surface area contributed by atoms with Crippen LogP contribution in [0.3, 0.4) is 0 Å². The van der Waals surface area contributed by atoms with E-state index in [-0.39, 0.29) is 6.04 Å². The lowest BCUT2D eigenvalue weighted by Crippen LogP contribution is -2.38. The van der Waals surface area contributed by atoms with Crippen molar-refractivity contribution in [1.29, 1.82) is 0 Å². The molecule has 146 valence electrons. The van der Waals surface area contributed by atoms with Gasteiger partial charge in [-0.25, -0.2) is 4.99 Å². The van der Waals surface area contributed by atoms with Gasteiger partial charge in [0, 0.05) is 26.7 Å². The van der Waals surface area contributed by atoms with Crippen molar-refractivity contribution in [1.82, 2.24) is 10.6 Å². The minimum Gasteiger partial charge on any atom is -0.493 e. The molecule has 0 heterocycles. The van der Waals surface area contributed by atoms with Gasteiger partial charge in [-0.2, -0.15) is 0 Å². The van der Waals surface area contributed by atoms with Crippen LogP contribution in [0.15, 0.2) is 59.6 Å². The van der Waals surface area contributed by atoms with Crippen LogP contribution in [0.5, 0.6) is 5.75 Å². The van der Waals surface area contributed by atoms with E-state index in [0.29, 0.717) is 19.8 Å². The number of aliphatic imine (C=N–C) groups is 1. The minimum absolute atomic E-state index is 0.180. The molecule has 1 unspecified atom stereocenters. The van der Waals surface area contributed by atoms with Crippen molar-refractivity contribution in [2.75, 3.05) is 26.9 Å². The second-order valence-corrected chi connectivity index (χ2v) is 6.31. The summed E-state index contributed by atoms with van der Waals surface area (Å²) < 4.78 is 10.8. The summed E-state index contributed by atoms with van der Waals surface area (Å²) in [5.74, 6) is 1.68. The molecule has 2 rings (SSSR count). The first-order valence-corrected chi connectivity index (χ1v) is 9.53. The van der Waals surface area contributed by atoms with E-state index < -0.39 is 0 Å². The van der Waals surface area contributed by atoms with E-state index >= 15 is 0 Å². The standard InChI is InChI=1S/C22H31N3O2/c1-4-23-22(25-18(2)20-11-6-5-7-12-20)24-17-19-10-8-13-21(16-19)27-15-9-14-26-3/h5-8,10-13,16,18H,4,9,14-15,17H2,1-3H3,(H2,23,24,25). The quantitative estimate of drug-likeness (QED) is 0.379. The fourth-order valence-corrected chi connectivity index (χ4v) is 2.65. The van der Waals surface area contributed by atoms with Gasteiger partial charge in [0.1, 0.15) is 5.75 Å². The molecule has 2 aromatic carbocycles. The predicted octanol–water partition coefficient (Wildman–Crippen LogP) is 3.92. The highest BCUT2D eigenvalue weighted by Crippen LogP contribution is 2.15. The summed E-state index contributed by atoms with van der Waals surface area (Å²) in [6, 6.07) is 18.6. The predicted molar refractivity (Wildman–Crippen MR) is 111 cm³/mol. The van der Waals surface area contributed by atoms with Crippen LogP contribution >= 0.6 is 0 Å². The van der Waals surface area contributed by atoms with Gasteiger partial charge in [-0.05, 0) is 37.1 Å². The highest BCUT2D eigenvalue weighted by atomic mass is 16.5. The van der Waals surface area contributed by atoms with Gasteiger partial charge in [0.15, 0.2) is 5.96 Å². The van der Waals surface area contributed by atoms with Gasteiger partial charge in [-0.1, -0.05) is 42.5 Å². The van der Waals surface area contributed by atoms with E-state index in [1.807, 2.05) is 24.3 Å². The first-order valence-electron chi connectivity index (χ1n) is 9.53. The van der Waals surface area contributed by atoms with Crippen molar-refractivity contribution in [3.8, 4) is 5.75 Å². The third-order valence-corrected chi connectivity index (χ3v) is 4.08. The number of guanidine groups is 1. The molecule has 0 aromatic heterocycles. The van der Waals surface area contributed by atoms with Crippen molar-refractivity contribution < 1.29 is 9.47 Å². The molecule has 5 heteroatoms. The number of hydrogen-bond acceptors (Lipinski definition) is 3. The smallest absolute Gasteiger partial charge is 0.192 e. The van der Waals surface area contributed by atoms with Crippen LogP contribution in [-0.4, -0.2) is 32.8 Å². The number of hydrogen-bond donors (Lipinski definition) is 2. The molecule has 0 aliphatic rings. The second kappa shape index (κ2) is 12.0. The molecule has 0 amide bonds. The van der Waals surface area contributed by atoms with Gasteiger partial charge in [0.25, 0.3) is 0 Å². The Morgan fingerprint density at radius 2 is 1.89 bits per heavy atom. The Hall–Kier alpha value is -2.53. The lowest BCUT2D eigenvalue weighted by Gasteiger charge is -2.18. The number of methoxy groups -OCH3 is 1. The largest absolute Gasteiger partial charge is 0.493 e. The summed E-state index contributed by atoms with van der Waals surface area (Å²) in [7, 11) is 1.70. The van der Waals surface area contributed by atoms with Crippen LogP contribution in [0.2, 0.25) is 0 Å². The molecule has 1 atom stereocenters. The summed E-state index contributed by atoms with van der Waals surface area (Å²) in [5, 5.41) is 6.77. The molecule has 5 nitrogen and oxygen atoms in total. The summed E-state index contributed by atoms with van der Waals surface area (Å²) in [5.41, 5.74) is 2.35. The van der Waals surface area contributed by atoms with Gasteiger partial charge >= 0.3 is 0 Å². The zero-order chi connectivity index (χ0) is 19.3. The molecule has 0 bridgehead atoms. The van der Waals surface area contributed by atoms with Crippen molar-refractivity contribution in [3.05, 3.63) is 65.7 Å². The highest BCUT2D eigenvalue weighted by molar-refractivity contribution is 5.80. The fraction of sp³-hybridized carbons (Fsp3) is 0.409. The number of benzene rings is 2.